The van der Waals surface area contributed by atoms with Crippen LogP contribution in [-0.4, -0.2) is 9.97 Å². The predicted molar refractivity (Wildman–Crippen MR) is 61.2 cm³/mol. The highest BCUT2D eigenvalue weighted by Crippen LogP contribution is 2.21. The molecule has 2 aromatic heterocycles. The maximum atomic E-state index is 11.8. The number of fused-ring (bicyclic) bond motifs is 3. The first-order valence-electron chi connectivity index (χ1n) is 4.86. The maximum absolute atomic E-state index is 11.8. The second-order valence-electron chi connectivity index (χ2n) is 3.74. The van der Waals surface area contributed by atoms with E-state index in [1.165, 1.54) is 0 Å². The van der Waals surface area contributed by atoms with Crippen LogP contribution in [0.25, 0.3) is 21.8 Å². The molecule has 3 heteroatoms. The van der Waals surface area contributed by atoms with Crippen molar-refractivity contribution in [1.82, 2.24) is 9.97 Å². The molecular formula is C12H10N2O. The van der Waals surface area contributed by atoms with Crippen molar-refractivity contribution < 1.29 is 0 Å². The Morgan fingerprint density at radius 2 is 1.87 bits per heavy atom. The highest BCUT2D eigenvalue weighted by molar-refractivity contribution is 6.06. The number of hydrogen-bond donors (Lipinski definition) is 2. The lowest BCUT2D eigenvalue weighted by Crippen LogP contribution is -2.06. The predicted octanol–water partition coefficient (Wildman–Crippen LogP) is 2.32. The Kier molecular flexibility index (Phi) is 1.51. The molecule has 0 fully saturated rings. The van der Waals surface area contributed by atoms with E-state index in [9.17, 15) is 4.79 Å². The molecule has 0 saturated heterocycles. The van der Waals surface area contributed by atoms with Gasteiger partial charge in [0.25, 0.3) is 5.56 Å². The third-order valence-electron chi connectivity index (χ3n) is 2.63. The molecule has 3 nitrogen and oxygen atoms in total. The van der Waals surface area contributed by atoms with Crippen LogP contribution in [0.2, 0.25) is 0 Å². The third-order valence-corrected chi connectivity index (χ3v) is 2.63. The van der Waals surface area contributed by atoms with E-state index in [0.717, 1.165) is 27.5 Å². The van der Waals surface area contributed by atoms with Gasteiger partial charge in [0.05, 0.1) is 10.9 Å². The number of aromatic amines is 2. The Labute approximate surface area is 85.8 Å². The molecule has 0 bridgehead atoms. The topological polar surface area (TPSA) is 48.6 Å². The Balaban J connectivity index is 2.67. The summed E-state index contributed by atoms with van der Waals surface area (Å²) in [6, 6.07) is 9.78. The quantitative estimate of drug-likeness (QED) is 0.572. The number of para-hydroxylation sites is 1. The molecule has 0 aliphatic rings. The first-order chi connectivity index (χ1) is 7.25. The second kappa shape index (κ2) is 2.73. The molecule has 2 heterocycles. The summed E-state index contributed by atoms with van der Waals surface area (Å²) in [4.78, 5) is 17.9. The summed E-state index contributed by atoms with van der Waals surface area (Å²) in [6.07, 6.45) is 0. The van der Waals surface area contributed by atoms with E-state index in [1.54, 1.807) is 0 Å². The zero-order chi connectivity index (χ0) is 10.4. The number of aryl methyl sites for hydroxylation is 1. The fourth-order valence-electron chi connectivity index (χ4n) is 2.01. The van der Waals surface area contributed by atoms with Gasteiger partial charge in [-0.05, 0) is 19.1 Å². The van der Waals surface area contributed by atoms with Crippen LogP contribution in [0.15, 0.2) is 35.1 Å². The molecule has 74 valence electrons. The first kappa shape index (κ1) is 8.29. The van der Waals surface area contributed by atoms with Gasteiger partial charge in [0, 0.05) is 16.6 Å². The van der Waals surface area contributed by atoms with E-state index in [4.69, 9.17) is 0 Å². The van der Waals surface area contributed by atoms with Crippen LogP contribution in [0.4, 0.5) is 0 Å². The molecule has 2 N–H and O–H groups in total. The molecule has 15 heavy (non-hydrogen) atoms. The molecule has 0 aliphatic heterocycles. The highest BCUT2D eigenvalue weighted by Gasteiger charge is 2.06. The summed E-state index contributed by atoms with van der Waals surface area (Å²) in [7, 11) is 0. The SMILES string of the molecule is Cc1cc2[nH]c3ccccc3c2c(=O)[nH]1. The third kappa shape index (κ3) is 1.09. The summed E-state index contributed by atoms with van der Waals surface area (Å²) < 4.78 is 0. The van der Waals surface area contributed by atoms with Crippen molar-refractivity contribution in [3.05, 3.63) is 46.4 Å². The number of aromatic nitrogens is 2. The summed E-state index contributed by atoms with van der Waals surface area (Å²) in [5.41, 5.74) is 2.75. The van der Waals surface area contributed by atoms with Gasteiger partial charge in [0.15, 0.2) is 0 Å². The zero-order valence-corrected chi connectivity index (χ0v) is 8.29. The number of nitrogens with one attached hydrogen (secondary N) is 2. The van der Waals surface area contributed by atoms with Gasteiger partial charge in [-0.2, -0.15) is 0 Å². The molecule has 0 atom stereocenters. The fourth-order valence-corrected chi connectivity index (χ4v) is 2.01. The molecular weight excluding hydrogens is 188 g/mol. The Bertz CT molecular complexity index is 706. The van der Waals surface area contributed by atoms with Crippen molar-refractivity contribution in [2.24, 2.45) is 0 Å². The maximum Gasteiger partial charge on any atom is 0.258 e. The van der Waals surface area contributed by atoms with Crippen molar-refractivity contribution in [1.29, 1.82) is 0 Å². The van der Waals surface area contributed by atoms with Crippen LogP contribution >= 0.6 is 0 Å². The van der Waals surface area contributed by atoms with Crippen molar-refractivity contribution >= 4 is 21.8 Å². The molecule has 0 aliphatic carbocycles. The number of benzene rings is 1. The first-order valence-corrected chi connectivity index (χ1v) is 4.86. The largest absolute Gasteiger partial charge is 0.354 e. The molecule has 0 unspecified atom stereocenters. The minimum Gasteiger partial charge on any atom is -0.354 e. The molecule has 0 radical (unpaired) electrons. The lowest BCUT2D eigenvalue weighted by Gasteiger charge is -1.92. The van der Waals surface area contributed by atoms with Crippen LogP contribution in [0.1, 0.15) is 5.69 Å². The summed E-state index contributed by atoms with van der Waals surface area (Å²) in [5, 5.41) is 1.73. The number of H-pyrrole nitrogens is 2. The van der Waals surface area contributed by atoms with Crippen LogP contribution < -0.4 is 5.56 Å². The van der Waals surface area contributed by atoms with E-state index in [-0.39, 0.29) is 5.56 Å². The molecule has 0 spiro atoms. The monoisotopic (exact) mass is 198 g/mol. The smallest absolute Gasteiger partial charge is 0.258 e. The van der Waals surface area contributed by atoms with Crippen LogP contribution in [0.3, 0.4) is 0 Å². The van der Waals surface area contributed by atoms with Crippen LogP contribution in [0, 0.1) is 6.92 Å². The van der Waals surface area contributed by atoms with Crippen molar-refractivity contribution in [3.8, 4) is 0 Å². The minimum atomic E-state index is -0.0255. The normalized spacial score (nSPS) is 11.3. The van der Waals surface area contributed by atoms with Gasteiger partial charge < -0.3 is 9.97 Å². The van der Waals surface area contributed by atoms with Gasteiger partial charge in [-0.25, -0.2) is 0 Å². The number of hydrogen-bond acceptors (Lipinski definition) is 1. The number of pyridine rings is 1. The van der Waals surface area contributed by atoms with Crippen molar-refractivity contribution in [2.45, 2.75) is 6.92 Å². The highest BCUT2D eigenvalue weighted by atomic mass is 16.1. The lowest BCUT2D eigenvalue weighted by atomic mass is 10.2. The number of rotatable bonds is 0. The van der Waals surface area contributed by atoms with Crippen molar-refractivity contribution in [2.75, 3.05) is 0 Å². The van der Waals surface area contributed by atoms with E-state index in [1.807, 2.05) is 37.3 Å². The van der Waals surface area contributed by atoms with Gasteiger partial charge in [0.2, 0.25) is 0 Å². The van der Waals surface area contributed by atoms with Gasteiger partial charge in [-0.1, -0.05) is 18.2 Å². The average Bonchev–Trinajstić information content (AvgIpc) is 2.54. The summed E-state index contributed by atoms with van der Waals surface area (Å²) in [6.45, 7) is 1.88. The van der Waals surface area contributed by atoms with Crippen LogP contribution in [0.5, 0.6) is 0 Å². The van der Waals surface area contributed by atoms with E-state index < -0.39 is 0 Å². The second-order valence-corrected chi connectivity index (χ2v) is 3.74. The molecule has 1 aromatic carbocycles. The van der Waals surface area contributed by atoms with E-state index >= 15 is 0 Å². The van der Waals surface area contributed by atoms with E-state index in [2.05, 4.69) is 9.97 Å². The van der Waals surface area contributed by atoms with Crippen LogP contribution in [-0.2, 0) is 0 Å². The standard InChI is InChI=1S/C12H10N2O/c1-7-6-10-11(12(15)13-7)8-4-2-3-5-9(8)14-10/h2-6,14H,1H3,(H,13,15). The van der Waals surface area contributed by atoms with Gasteiger partial charge >= 0.3 is 0 Å². The minimum absolute atomic E-state index is 0.0255. The molecule has 0 saturated carbocycles. The summed E-state index contributed by atoms with van der Waals surface area (Å²) >= 11 is 0. The van der Waals surface area contributed by atoms with Gasteiger partial charge in [-0.15, -0.1) is 0 Å². The average molecular weight is 198 g/mol. The molecule has 0 amide bonds. The lowest BCUT2D eigenvalue weighted by molar-refractivity contribution is 1.17. The van der Waals surface area contributed by atoms with Gasteiger partial charge in [-0.3, -0.25) is 4.79 Å². The van der Waals surface area contributed by atoms with Crippen molar-refractivity contribution in [3.63, 3.8) is 0 Å². The zero-order valence-electron chi connectivity index (χ0n) is 8.29. The fraction of sp³-hybridized carbons (Fsp3) is 0.0833. The Hall–Kier alpha value is -2.03. The summed E-state index contributed by atoms with van der Waals surface area (Å²) in [5.74, 6) is 0. The Morgan fingerprint density at radius 3 is 2.73 bits per heavy atom. The Morgan fingerprint density at radius 1 is 1.07 bits per heavy atom. The van der Waals surface area contributed by atoms with E-state index in [0.29, 0.717) is 0 Å². The molecule has 3 aromatic rings. The van der Waals surface area contributed by atoms with Gasteiger partial charge in [0.1, 0.15) is 0 Å². The molecule has 3 rings (SSSR count).